The lowest BCUT2D eigenvalue weighted by Crippen LogP contribution is -2.20. The van der Waals surface area contributed by atoms with E-state index >= 15 is 0 Å². The molecule has 1 aromatic carbocycles. The lowest BCUT2D eigenvalue weighted by molar-refractivity contribution is 0.350. The number of hydrogen-bond donors (Lipinski definition) is 1. The molecule has 1 rings (SSSR count). The zero-order valence-electron chi connectivity index (χ0n) is 11.8. The summed E-state index contributed by atoms with van der Waals surface area (Å²) in [5, 5.41) is 0. The number of methoxy groups -OCH3 is 3. The fourth-order valence-corrected chi connectivity index (χ4v) is 1.90. The van der Waals surface area contributed by atoms with Gasteiger partial charge < -0.3 is 19.9 Å². The van der Waals surface area contributed by atoms with Gasteiger partial charge in [0.05, 0.1) is 26.9 Å². The zero-order valence-corrected chi connectivity index (χ0v) is 11.8. The second kappa shape index (κ2) is 6.50. The van der Waals surface area contributed by atoms with E-state index in [0.29, 0.717) is 23.2 Å². The molecule has 102 valence electrons. The summed E-state index contributed by atoms with van der Waals surface area (Å²) < 4.78 is 16.0. The van der Waals surface area contributed by atoms with Crippen molar-refractivity contribution < 1.29 is 14.2 Å². The van der Waals surface area contributed by atoms with Crippen molar-refractivity contribution in [1.82, 2.24) is 0 Å². The maximum absolute atomic E-state index is 6.29. The molecule has 1 aromatic rings. The van der Waals surface area contributed by atoms with Crippen molar-refractivity contribution in [2.45, 2.75) is 26.3 Å². The fraction of sp³-hybridized carbons (Fsp3) is 0.571. The van der Waals surface area contributed by atoms with Gasteiger partial charge in [-0.25, -0.2) is 0 Å². The van der Waals surface area contributed by atoms with Crippen LogP contribution in [-0.2, 0) is 0 Å². The number of rotatable bonds is 6. The van der Waals surface area contributed by atoms with E-state index in [9.17, 15) is 0 Å². The molecule has 0 radical (unpaired) electrons. The predicted octanol–water partition coefficient (Wildman–Crippen LogP) is 2.76. The average Bonchev–Trinajstić information content (AvgIpc) is 2.43. The van der Waals surface area contributed by atoms with Gasteiger partial charge in [0.1, 0.15) is 17.2 Å². The molecule has 0 saturated carbocycles. The summed E-state index contributed by atoms with van der Waals surface area (Å²) in [5.41, 5.74) is 7.19. The average molecular weight is 253 g/mol. The van der Waals surface area contributed by atoms with Crippen molar-refractivity contribution in [2.75, 3.05) is 21.3 Å². The van der Waals surface area contributed by atoms with Gasteiger partial charge in [0.15, 0.2) is 0 Å². The first-order chi connectivity index (χ1) is 8.58. The van der Waals surface area contributed by atoms with Crippen LogP contribution in [0.5, 0.6) is 17.2 Å². The Labute approximate surface area is 109 Å². The standard InChI is InChI=1S/C14H23NO3/c1-6-9(2)14(15)13-11(17-4)7-10(16-3)8-12(13)18-5/h7-9,14H,6,15H2,1-5H3/t9?,14-/m0/s1. The summed E-state index contributed by atoms with van der Waals surface area (Å²) >= 11 is 0. The molecule has 0 bridgehead atoms. The molecule has 4 nitrogen and oxygen atoms in total. The van der Waals surface area contributed by atoms with Crippen LogP contribution >= 0.6 is 0 Å². The highest BCUT2D eigenvalue weighted by molar-refractivity contribution is 5.52. The second-order valence-corrected chi connectivity index (χ2v) is 4.36. The van der Waals surface area contributed by atoms with Crippen LogP contribution in [0.25, 0.3) is 0 Å². The third-order valence-corrected chi connectivity index (χ3v) is 3.34. The van der Waals surface area contributed by atoms with Gasteiger partial charge in [-0.2, -0.15) is 0 Å². The van der Waals surface area contributed by atoms with Gasteiger partial charge in [-0.3, -0.25) is 0 Å². The van der Waals surface area contributed by atoms with Gasteiger partial charge in [-0.1, -0.05) is 20.3 Å². The Morgan fingerprint density at radius 2 is 1.56 bits per heavy atom. The van der Waals surface area contributed by atoms with Crippen LogP contribution in [-0.4, -0.2) is 21.3 Å². The Kier molecular flexibility index (Phi) is 5.28. The van der Waals surface area contributed by atoms with Crippen LogP contribution in [0.3, 0.4) is 0 Å². The predicted molar refractivity (Wildman–Crippen MR) is 72.5 cm³/mol. The van der Waals surface area contributed by atoms with E-state index in [1.165, 1.54) is 0 Å². The zero-order chi connectivity index (χ0) is 13.7. The highest BCUT2D eigenvalue weighted by atomic mass is 16.5. The lowest BCUT2D eigenvalue weighted by atomic mass is 9.92. The molecular formula is C14H23NO3. The lowest BCUT2D eigenvalue weighted by Gasteiger charge is -2.23. The van der Waals surface area contributed by atoms with Crippen LogP contribution in [0.4, 0.5) is 0 Å². The minimum Gasteiger partial charge on any atom is -0.496 e. The third-order valence-electron chi connectivity index (χ3n) is 3.34. The van der Waals surface area contributed by atoms with Crippen LogP contribution in [0.15, 0.2) is 12.1 Å². The molecule has 0 aliphatic carbocycles. The van der Waals surface area contributed by atoms with E-state index in [2.05, 4.69) is 13.8 Å². The first-order valence-corrected chi connectivity index (χ1v) is 6.14. The van der Waals surface area contributed by atoms with Crippen molar-refractivity contribution in [1.29, 1.82) is 0 Å². The van der Waals surface area contributed by atoms with Gasteiger partial charge in [-0.05, 0) is 5.92 Å². The molecule has 0 spiro atoms. The maximum atomic E-state index is 6.29. The minimum atomic E-state index is -0.120. The topological polar surface area (TPSA) is 53.7 Å². The van der Waals surface area contributed by atoms with Crippen molar-refractivity contribution >= 4 is 0 Å². The number of hydrogen-bond acceptors (Lipinski definition) is 4. The molecule has 0 saturated heterocycles. The van der Waals surface area contributed by atoms with Crippen molar-refractivity contribution in [3.8, 4) is 17.2 Å². The summed E-state index contributed by atoms with van der Waals surface area (Å²) in [6.45, 7) is 4.24. The molecule has 0 aromatic heterocycles. The molecule has 0 aliphatic rings. The van der Waals surface area contributed by atoms with Crippen LogP contribution in [0.1, 0.15) is 31.9 Å². The first-order valence-electron chi connectivity index (χ1n) is 6.14. The molecule has 1 unspecified atom stereocenters. The van der Waals surface area contributed by atoms with E-state index in [4.69, 9.17) is 19.9 Å². The van der Waals surface area contributed by atoms with Crippen molar-refractivity contribution in [3.05, 3.63) is 17.7 Å². The summed E-state index contributed by atoms with van der Waals surface area (Å²) in [6, 6.07) is 3.55. The fourth-order valence-electron chi connectivity index (χ4n) is 1.90. The van der Waals surface area contributed by atoms with Crippen molar-refractivity contribution in [2.24, 2.45) is 11.7 Å². The van der Waals surface area contributed by atoms with Gasteiger partial charge in [0.2, 0.25) is 0 Å². The van der Waals surface area contributed by atoms with Crippen LogP contribution in [0.2, 0.25) is 0 Å². The Bertz CT molecular complexity index is 368. The Morgan fingerprint density at radius 1 is 1.06 bits per heavy atom. The van der Waals surface area contributed by atoms with E-state index in [1.54, 1.807) is 21.3 Å². The molecule has 4 heteroatoms. The molecule has 0 aliphatic heterocycles. The minimum absolute atomic E-state index is 0.120. The number of ether oxygens (including phenoxy) is 3. The monoisotopic (exact) mass is 253 g/mol. The van der Waals surface area contributed by atoms with Crippen molar-refractivity contribution in [3.63, 3.8) is 0 Å². The first kappa shape index (κ1) is 14.6. The quantitative estimate of drug-likeness (QED) is 0.847. The Hall–Kier alpha value is -1.42. The van der Waals surface area contributed by atoms with Crippen LogP contribution < -0.4 is 19.9 Å². The summed E-state index contributed by atoms with van der Waals surface area (Å²) in [7, 11) is 4.87. The molecule has 18 heavy (non-hydrogen) atoms. The molecular weight excluding hydrogens is 230 g/mol. The summed E-state index contributed by atoms with van der Waals surface area (Å²) in [6.07, 6.45) is 1.000. The normalized spacial score (nSPS) is 13.9. The molecule has 2 atom stereocenters. The molecule has 0 amide bonds. The number of nitrogens with two attached hydrogens (primary N) is 1. The van der Waals surface area contributed by atoms with E-state index < -0.39 is 0 Å². The Morgan fingerprint density at radius 3 is 1.89 bits per heavy atom. The highest BCUT2D eigenvalue weighted by Gasteiger charge is 2.23. The second-order valence-electron chi connectivity index (χ2n) is 4.36. The SMILES string of the molecule is CCC(C)[C@H](N)c1c(OC)cc(OC)cc1OC. The summed E-state index contributed by atoms with van der Waals surface area (Å²) in [4.78, 5) is 0. The van der Waals surface area contributed by atoms with E-state index in [-0.39, 0.29) is 6.04 Å². The van der Waals surface area contributed by atoms with Gasteiger partial charge >= 0.3 is 0 Å². The largest absolute Gasteiger partial charge is 0.496 e. The van der Waals surface area contributed by atoms with E-state index in [0.717, 1.165) is 12.0 Å². The molecule has 0 fully saturated rings. The van der Waals surface area contributed by atoms with Gasteiger partial charge in [0, 0.05) is 18.2 Å². The third kappa shape index (κ3) is 2.88. The molecule has 2 N–H and O–H groups in total. The van der Waals surface area contributed by atoms with Crippen LogP contribution in [0, 0.1) is 5.92 Å². The summed E-state index contributed by atoms with van der Waals surface area (Å²) in [5.74, 6) is 2.46. The van der Waals surface area contributed by atoms with Gasteiger partial charge in [0.25, 0.3) is 0 Å². The maximum Gasteiger partial charge on any atom is 0.131 e. The van der Waals surface area contributed by atoms with E-state index in [1.807, 2.05) is 12.1 Å². The highest BCUT2D eigenvalue weighted by Crippen LogP contribution is 2.40. The Balaban J connectivity index is 3.30. The molecule has 0 heterocycles. The smallest absolute Gasteiger partial charge is 0.131 e. The number of benzene rings is 1. The van der Waals surface area contributed by atoms with Gasteiger partial charge in [-0.15, -0.1) is 0 Å².